The van der Waals surface area contributed by atoms with Crippen molar-refractivity contribution < 1.29 is 27.0 Å². The van der Waals surface area contributed by atoms with E-state index in [0.29, 0.717) is 15.6 Å². The second-order valence-corrected chi connectivity index (χ2v) is 7.72. The average Bonchev–Trinajstić information content (AvgIpc) is 3.34. The molecular formula is C22H23BrFeN2O2. The first-order valence-electron chi connectivity index (χ1n) is 8.59. The van der Waals surface area contributed by atoms with Gasteiger partial charge in [-0.2, -0.15) is 18.2 Å². The molecule has 4 nitrogen and oxygen atoms in total. The van der Waals surface area contributed by atoms with Crippen molar-refractivity contribution in [1.82, 2.24) is 10.4 Å². The van der Waals surface area contributed by atoms with E-state index in [1.54, 1.807) is 42.5 Å². The molecule has 0 spiro atoms. The van der Waals surface area contributed by atoms with Crippen LogP contribution in [0.5, 0.6) is 0 Å². The van der Waals surface area contributed by atoms with E-state index in [1.807, 2.05) is 57.2 Å². The number of nitrogens with zero attached hydrogens (tertiary/aromatic N) is 1. The molecular weight excluding hydrogens is 460 g/mol. The Balaban J connectivity index is 0.000000567. The maximum Gasteiger partial charge on any atom is 2.00 e. The molecule has 0 atom stereocenters. The van der Waals surface area contributed by atoms with E-state index in [4.69, 9.17) is 0 Å². The van der Waals surface area contributed by atoms with E-state index in [9.17, 15) is 9.90 Å². The second-order valence-electron chi connectivity index (χ2n) is 6.87. The number of nitrogens with one attached hydrogen (secondary N) is 1. The molecule has 0 unspecified atom stereocenters. The van der Waals surface area contributed by atoms with Crippen molar-refractivity contribution in [3.63, 3.8) is 0 Å². The molecule has 0 aromatic heterocycles. The van der Waals surface area contributed by atoms with Gasteiger partial charge in [0, 0.05) is 4.47 Å². The summed E-state index contributed by atoms with van der Waals surface area (Å²) in [4.78, 5) is 12.8. The van der Waals surface area contributed by atoms with Crippen LogP contribution >= 0.6 is 15.9 Å². The fraction of sp³-hybridized carbons (Fsp3) is 0.182. The van der Waals surface area contributed by atoms with Crippen molar-refractivity contribution >= 4 is 21.8 Å². The summed E-state index contributed by atoms with van der Waals surface area (Å²) in [6, 6.07) is 17.1. The zero-order valence-electron chi connectivity index (χ0n) is 16.0. The fourth-order valence-electron chi connectivity index (χ4n) is 2.29. The Morgan fingerprint density at radius 1 is 1.07 bits per heavy atom. The quantitative estimate of drug-likeness (QED) is 0.307. The van der Waals surface area contributed by atoms with Crippen LogP contribution in [0, 0.1) is 0 Å². The molecule has 0 aliphatic heterocycles. The Bertz CT molecular complexity index is 818. The van der Waals surface area contributed by atoms with Crippen LogP contribution in [-0.2, 0) is 17.1 Å². The molecule has 0 saturated heterocycles. The van der Waals surface area contributed by atoms with Crippen LogP contribution in [0.3, 0.4) is 0 Å². The van der Waals surface area contributed by atoms with Crippen molar-refractivity contribution in [1.29, 1.82) is 0 Å². The van der Waals surface area contributed by atoms with Gasteiger partial charge in [0.15, 0.2) is 0 Å². The molecule has 148 valence electrons. The largest absolute Gasteiger partial charge is 2.00 e. The molecule has 0 saturated carbocycles. The summed E-state index contributed by atoms with van der Waals surface area (Å²) in [6.07, 6.45) is 6.98. The fourth-order valence-corrected chi connectivity index (χ4v) is 2.74. The molecule has 1 aliphatic rings. The Hall–Kier alpha value is -2.14. The number of halogens is 1. The summed E-state index contributed by atoms with van der Waals surface area (Å²) in [7, 11) is 0. The van der Waals surface area contributed by atoms with Gasteiger partial charge in [-0.1, -0.05) is 36.4 Å². The van der Waals surface area contributed by atoms with E-state index >= 15 is 0 Å². The molecule has 2 aromatic carbocycles. The Morgan fingerprint density at radius 2 is 1.64 bits per heavy atom. The van der Waals surface area contributed by atoms with Crippen LogP contribution in [0.1, 0.15) is 31.1 Å². The summed E-state index contributed by atoms with van der Waals surface area (Å²) < 4.78 is 0.691. The summed E-state index contributed by atoms with van der Waals surface area (Å²) in [5.74, 6) is -0.569. The standard InChI is InChI=1S/C17H19BrN2O2.C5H5.Fe/c1-17(2,3)20(19-15(21)12-8-4-5-9-12)16(22)13-10-6-7-11-14(13)18;1-2-4-5-3-1;/h4-11,19,21H,1-3H3;1-5H;/q;-1;+2/p-1. The molecule has 6 heteroatoms. The smallest absolute Gasteiger partial charge is 0.859 e. The minimum Gasteiger partial charge on any atom is -0.859 e. The first kappa shape index (κ1) is 23.9. The zero-order valence-corrected chi connectivity index (χ0v) is 18.7. The van der Waals surface area contributed by atoms with E-state index in [2.05, 4.69) is 21.4 Å². The van der Waals surface area contributed by atoms with Gasteiger partial charge in [0.1, 0.15) is 0 Å². The molecule has 1 amide bonds. The van der Waals surface area contributed by atoms with Gasteiger partial charge in [0.25, 0.3) is 5.91 Å². The van der Waals surface area contributed by atoms with Gasteiger partial charge < -0.3 is 10.5 Å². The molecule has 1 N–H and O–H groups in total. The molecule has 0 bridgehead atoms. The first-order valence-corrected chi connectivity index (χ1v) is 9.38. The van der Waals surface area contributed by atoms with Gasteiger partial charge in [-0.3, -0.25) is 4.79 Å². The molecule has 1 aliphatic carbocycles. The van der Waals surface area contributed by atoms with Crippen LogP contribution in [0.4, 0.5) is 0 Å². The zero-order chi connectivity index (χ0) is 19.9. The SMILES string of the molecule is CC(C)(C)N(NC([O-])=C1C=CC=C1)C(=O)c1ccccc1Br.[Fe+2].c1cc[cH-]c1. The number of carbonyl (C=O) groups is 1. The predicted octanol–water partition coefficient (Wildman–Crippen LogP) is 4.30. The third-order valence-electron chi connectivity index (χ3n) is 3.67. The van der Waals surface area contributed by atoms with E-state index in [1.165, 1.54) is 5.01 Å². The average molecular weight is 483 g/mol. The normalized spacial score (nSPS) is 11.9. The molecule has 28 heavy (non-hydrogen) atoms. The first-order chi connectivity index (χ1) is 12.8. The summed E-state index contributed by atoms with van der Waals surface area (Å²) in [6.45, 7) is 5.60. The van der Waals surface area contributed by atoms with Gasteiger partial charge in [0.2, 0.25) is 0 Å². The van der Waals surface area contributed by atoms with Crippen molar-refractivity contribution in [3.05, 3.63) is 100 Å². The van der Waals surface area contributed by atoms with Gasteiger partial charge in [-0.25, -0.2) is 17.1 Å². The van der Waals surface area contributed by atoms with Crippen molar-refractivity contribution in [2.45, 2.75) is 26.3 Å². The van der Waals surface area contributed by atoms with Crippen molar-refractivity contribution in [2.75, 3.05) is 0 Å². The monoisotopic (exact) mass is 482 g/mol. The maximum atomic E-state index is 12.8. The minimum absolute atomic E-state index is 0. The Morgan fingerprint density at radius 3 is 2.11 bits per heavy atom. The number of allylic oxidation sites excluding steroid dienone is 5. The maximum absolute atomic E-state index is 12.8. The number of hydrogen-bond donors (Lipinski definition) is 1. The number of hydrazine groups is 1. The Labute approximate surface area is 185 Å². The third kappa shape index (κ3) is 6.79. The van der Waals surface area contributed by atoms with Gasteiger partial charge >= 0.3 is 17.1 Å². The molecule has 0 radical (unpaired) electrons. The van der Waals surface area contributed by atoms with Crippen LogP contribution in [-0.4, -0.2) is 16.5 Å². The van der Waals surface area contributed by atoms with Crippen molar-refractivity contribution in [2.24, 2.45) is 0 Å². The topological polar surface area (TPSA) is 55.4 Å². The number of carbonyl (C=O) groups excluding carboxylic acids is 1. The number of benzene rings is 1. The van der Waals surface area contributed by atoms with Crippen LogP contribution in [0.25, 0.3) is 0 Å². The van der Waals surface area contributed by atoms with E-state index < -0.39 is 5.54 Å². The minimum atomic E-state index is -0.561. The van der Waals surface area contributed by atoms with Crippen molar-refractivity contribution in [3.8, 4) is 0 Å². The molecule has 0 heterocycles. The van der Waals surface area contributed by atoms with Crippen LogP contribution < -0.4 is 10.5 Å². The predicted molar refractivity (Wildman–Crippen MR) is 111 cm³/mol. The van der Waals surface area contributed by atoms with Crippen LogP contribution in [0.2, 0.25) is 0 Å². The van der Waals surface area contributed by atoms with E-state index in [-0.39, 0.29) is 28.9 Å². The summed E-state index contributed by atoms with van der Waals surface area (Å²) in [5.41, 5.74) is 3.17. The molecule has 2 aromatic rings. The van der Waals surface area contributed by atoms with E-state index in [0.717, 1.165) is 0 Å². The van der Waals surface area contributed by atoms with Gasteiger partial charge in [-0.05, 0) is 60.3 Å². The second kappa shape index (κ2) is 11.0. The van der Waals surface area contributed by atoms with Gasteiger partial charge in [0.05, 0.1) is 11.1 Å². The third-order valence-corrected chi connectivity index (χ3v) is 4.36. The number of hydrogen-bond acceptors (Lipinski definition) is 3. The number of rotatable bonds is 3. The summed E-state index contributed by atoms with van der Waals surface area (Å²) in [5, 5.41) is 13.6. The Kier molecular flexibility index (Phi) is 9.39. The summed E-state index contributed by atoms with van der Waals surface area (Å²) >= 11 is 3.38. The molecule has 0 fully saturated rings. The van der Waals surface area contributed by atoms with Crippen LogP contribution in [0.15, 0.2) is 94.8 Å². The number of amides is 1. The van der Waals surface area contributed by atoms with Gasteiger partial charge in [-0.15, -0.1) is 0 Å². The molecule has 3 rings (SSSR count).